The van der Waals surface area contributed by atoms with Gasteiger partial charge in [-0.1, -0.05) is 30.3 Å². The zero-order valence-corrected chi connectivity index (χ0v) is 19.6. The second-order valence-electron chi connectivity index (χ2n) is 7.45. The molecule has 0 atom stereocenters. The molecule has 4 rings (SSSR count). The quantitative estimate of drug-likeness (QED) is 0.412. The molecule has 0 aliphatic heterocycles. The molecule has 32 heavy (non-hydrogen) atoms. The summed E-state index contributed by atoms with van der Waals surface area (Å²) in [6, 6.07) is 16.2. The summed E-state index contributed by atoms with van der Waals surface area (Å²) in [5.74, 6) is 0.530. The lowest BCUT2D eigenvalue weighted by molar-refractivity contribution is 0.296. The molecule has 4 aromatic rings. The van der Waals surface area contributed by atoms with Gasteiger partial charge in [-0.2, -0.15) is 0 Å². The Bertz CT molecular complexity index is 1410. The van der Waals surface area contributed by atoms with Crippen molar-refractivity contribution in [2.24, 2.45) is 0 Å². The number of nitrogens with zero attached hydrogens (tertiary/aromatic N) is 3. The molecule has 0 unspecified atom stereocenters. The van der Waals surface area contributed by atoms with Crippen molar-refractivity contribution < 1.29 is 13.2 Å². The van der Waals surface area contributed by atoms with Gasteiger partial charge in [-0.25, -0.2) is 17.7 Å². The number of hydrogen-bond donors (Lipinski definition) is 0. The van der Waals surface area contributed by atoms with Crippen LogP contribution in [-0.4, -0.2) is 43.0 Å². The molecule has 0 spiro atoms. The summed E-state index contributed by atoms with van der Waals surface area (Å²) in [6.45, 7) is 2.53. The van der Waals surface area contributed by atoms with Crippen LogP contribution in [0, 0.1) is 6.92 Å². The molecule has 2 aromatic carbocycles. The topological polar surface area (TPSA) is 81.5 Å². The van der Waals surface area contributed by atoms with Crippen LogP contribution >= 0.6 is 11.3 Å². The van der Waals surface area contributed by atoms with Gasteiger partial charge in [-0.3, -0.25) is 9.36 Å². The maximum atomic E-state index is 13.1. The van der Waals surface area contributed by atoms with Gasteiger partial charge < -0.3 is 4.74 Å². The molecule has 2 aromatic heterocycles. The molecule has 166 valence electrons. The molecule has 7 nitrogen and oxygen atoms in total. The van der Waals surface area contributed by atoms with E-state index < -0.39 is 10.0 Å². The highest BCUT2D eigenvalue weighted by Gasteiger charge is 2.17. The number of aromatic nitrogens is 2. The van der Waals surface area contributed by atoms with Crippen molar-refractivity contribution in [3.63, 3.8) is 0 Å². The third kappa shape index (κ3) is 4.19. The van der Waals surface area contributed by atoms with Crippen molar-refractivity contribution in [2.45, 2.75) is 18.4 Å². The van der Waals surface area contributed by atoms with Crippen molar-refractivity contribution in [3.8, 4) is 16.2 Å². The molecule has 0 amide bonds. The predicted octanol–water partition coefficient (Wildman–Crippen LogP) is 3.76. The lowest BCUT2D eigenvalue weighted by Gasteiger charge is -2.12. The van der Waals surface area contributed by atoms with E-state index in [0.717, 1.165) is 25.1 Å². The first-order chi connectivity index (χ1) is 15.3. The van der Waals surface area contributed by atoms with E-state index in [4.69, 9.17) is 4.74 Å². The lowest BCUT2D eigenvalue weighted by Crippen LogP contribution is -2.23. The standard InChI is InChI=1S/C23H23N3O4S2/c1-16-20-22(31-21(16)17-7-5-4-6-8-17)24-15-26(23(20)27)13-14-30-18-9-11-19(12-10-18)32(28,29)25(2)3/h4-12,15H,13-14H2,1-3H3. The zero-order chi connectivity index (χ0) is 22.9. The molecule has 0 aliphatic carbocycles. The SMILES string of the molecule is Cc1c(-c2ccccc2)sc2ncn(CCOc3ccc(S(=O)(=O)N(C)C)cc3)c(=O)c12. The minimum Gasteiger partial charge on any atom is -0.492 e. The number of rotatable bonds is 7. The van der Waals surface area contributed by atoms with Gasteiger partial charge in [-0.15, -0.1) is 11.3 Å². The average molecular weight is 470 g/mol. The van der Waals surface area contributed by atoms with E-state index in [1.807, 2.05) is 37.3 Å². The van der Waals surface area contributed by atoms with Crippen molar-refractivity contribution in [1.82, 2.24) is 13.9 Å². The third-order valence-corrected chi connectivity index (χ3v) is 8.23. The molecule has 2 heterocycles. The Labute approximate surface area is 190 Å². The second kappa shape index (κ2) is 8.85. The van der Waals surface area contributed by atoms with Gasteiger partial charge in [0, 0.05) is 19.0 Å². The normalized spacial score (nSPS) is 11.9. The van der Waals surface area contributed by atoms with Crippen LogP contribution in [0.15, 0.2) is 70.6 Å². The van der Waals surface area contributed by atoms with E-state index in [-0.39, 0.29) is 17.1 Å². The summed E-state index contributed by atoms with van der Waals surface area (Å²) < 4.78 is 32.7. The minimum atomic E-state index is -3.48. The van der Waals surface area contributed by atoms with Crippen molar-refractivity contribution in [3.05, 3.63) is 76.8 Å². The Balaban J connectivity index is 1.50. The van der Waals surface area contributed by atoms with Gasteiger partial charge in [0.15, 0.2) is 0 Å². The average Bonchev–Trinajstić information content (AvgIpc) is 3.13. The summed E-state index contributed by atoms with van der Waals surface area (Å²) in [5.41, 5.74) is 1.91. The largest absolute Gasteiger partial charge is 0.492 e. The zero-order valence-electron chi connectivity index (χ0n) is 18.0. The van der Waals surface area contributed by atoms with E-state index in [1.165, 1.54) is 37.6 Å². The fourth-order valence-corrected chi connectivity index (χ4v) is 5.41. The summed E-state index contributed by atoms with van der Waals surface area (Å²) >= 11 is 1.52. The summed E-state index contributed by atoms with van der Waals surface area (Å²) in [4.78, 5) is 19.5. The van der Waals surface area contributed by atoms with Crippen LogP contribution in [0.4, 0.5) is 0 Å². The Morgan fingerprint density at radius 3 is 2.41 bits per heavy atom. The van der Waals surface area contributed by atoms with Crippen LogP contribution in [0.3, 0.4) is 0 Å². The minimum absolute atomic E-state index is 0.0954. The molecule has 0 saturated carbocycles. The van der Waals surface area contributed by atoms with E-state index >= 15 is 0 Å². The van der Waals surface area contributed by atoms with Crippen LogP contribution in [-0.2, 0) is 16.6 Å². The summed E-state index contributed by atoms with van der Waals surface area (Å²) in [6.07, 6.45) is 1.55. The van der Waals surface area contributed by atoms with Crippen molar-refractivity contribution in [1.29, 1.82) is 0 Å². The summed E-state index contributed by atoms with van der Waals surface area (Å²) in [7, 11) is -0.508. The van der Waals surface area contributed by atoms with Crippen LogP contribution in [0.1, 0.15) is 5.56 Å². The number of fused-ring (bicyclic) bond motifs is 1. The molecule has 0 bridgehead atoms. The van der Waals surface area contributed by atoms with Gasteiger partial charge >= 0.3 is 0 Å². The molecule has 0 radical (unpaired) electrons. The maximum absolute atomic E-state index is 13.1. The highest BCUT2D eigenvalue weighted by Crippen LogP contribution is 2.35. The Morgan fingerprint density at radius 1 is 1.06 bits per heavy atom. The fourth-order valence-electron chi connectivity index (χ4n) is 3.36. The number of hydrogen-bond acceptors (Lipinski definition) is 6. The maximum Gasteiger partial charge on any atom is 0.262 e. The molecule has 9 heteroatoms. The van der Waals surface area contributed by atoms with Gasteiger partial charge in [0.05, 0.1) is 23.2 Å². The molecular formula is C23H23N3O4S2. The highest BCUT2D eigenvalue weighted by atomic mass is 32.2. The van der Waals surface area contributed by atoms with Gasteiger partial charge in [-0.05, 0) is 42.3 Å². The lowest BCUT2D eigenvalue weighted by atomic mass is 10.1. The molecular weight excluding hydrogens is 446 g/mol. The number of aryl methyl sites for hydroxylation is 1. The first-order valence-corrected chi connectivity index (χ1v) is 12.2. The van der Waals surface area contributed by atoms with Crippen LogP contribution in [0.25, 0.3) is 20.7 Å². The fraction of sp³-hybridized carbons (Fsp3) is 0.217. The molecule has 0 aliphatic rings. The number of ether oxygens (including phenoxy) is 1. The molecule has 0 fully saturated rings. The van der Waals surface area contributed by atoms with Gasteiger partial charge in [0.25, 0.3) is 5.56 Å². The number of thiophene rings is 1. The van der Waals surface area contributed by atoms with Crippen LogP contribution in [0.5, 0.6) is 5.75 Å². The second-order valence-corrected chi connectivity index (χ2v) is 10.6. The Morgan fingerprint density at radius 2 is 1.75 bits per heavy atom. The Hall–Kier alpha value is -3.01. The van der Waals surface area contributed by atoms with Gasteiger partial charge in [0.2, 0.25) is 10.0 Å². The monoisotopic (exact) mass is 469 g/mol. The van der Waals surface area contributed by atoms with E-state index in [0.29, 0.717) is 17.7 Å². The first-order valence-electron chi connectivity index (χ1n) is 9.98. The smallest absolute Gasteiger partial charge is 0.262 e. The third-order valence-electron chi connectivity index (χ3n) is 5.16. The van der Waals surface area contributed by atoms with Crippen LogP contribution in [0.2, 0.25) is 0 Å². The van der Waals surface area contributed by atoms with Crippen molar-refractivity contribution >= 4 is 31.6 Å². The van der Waals surface area contributed by atoms with Crippen molar-refractivity contribution in [2.75, 3.05) is 20.7 Å². The first kappa shape index (κ1) is 22.2. The Kier molecular flexibility index (Phi) is 6.14. The van der Waals surface area contributed by atoms with E-state index in [2.05, 4.69) is 4.98 Å². The van der Waals surface area contributed by atoms with Gasteiger partial charge in [0.1, 0.15) is 17.2 Å². The van der Waals surface area contributed by atoms with E-state index in [9.17, 15) is 13.2 Å². The molecule has 0 saturated heterocycles. The van der Waals surface area contributed by atoms with Crippen LogP contribution < -0.4 is 10.3 Å². The predicted molar refractivity (Wildman–Crippen MR) is 127 cm³/mol. The number of sulfonamides is 1. The molecule has 0 N–H and O–H groups in total. The highest BCUT2D eigenvalue weighted by molar-refractivity contribution is 7.89. The summed E-state index contributed by atoms with van der Waals surface area (Å²) in [5, 5.41) is 0.634. The number of benzene rings is 2. The van der Waals surface area contributed by atoms with E-state index in [1.54, 1.807) is 23.0 Å².